The molecular formula is C14H19N3O4. The minimum Gasteiger partial charge on any atom is -0.480 e. The zero-order valence-corrected chi connectivity index (χ0v) is 12.0. The van der Waals surface area contributed by atoms with E-state index in [9.17, 15) is 14.4 Å². The van der Waals surface area contributed by atoms with Gasteiger partial charge in [0.1, 0.15) is 6.04 Å². The van der Waals surface area contributed by atoms with Gasteiger partial charge in [-0.3, -0.25) is 9.59 Å². The lowest BCUT2D eigenvalue weighted by Gasteiger charge is -2.13. The molecule has 0 radical (unpaired) electrons. The Bertz CT molecular complexity index is 526. The van der Waals surface area contributed by atoms with Crippen molar-refractivity contribution < 1.29 is 19.5 Å². The molecule has 1 aromatic carbocycles. The van der Waals surface area contributed by atoms with Crippen molar-refractivity contribution in [3.63, 3.8) is 0 Å². The Morgan fingerprint density at radius 3 is 2.24 bits per heavy atom. The maximum atomic E-state index is 11.9. The number of carbonyl (C=O) groups excluding carboxylic acids is 2. The van der Waals surface area contributed by atoms with Crippen LogP contribution in [0, 0.1) is 0 Å². The minimum absolute atomic E-state index is 0.327. The summed E-state index contributed by atoms with van der Waals surface area (Å²) in [5.74, 6) is -2.64. The maximum Gasteiger partial charge on any atom is 0.326 e. The van der Waals surface area contributed by atoms with Crippen LogP contribution in [0.5, 0.6) is 0 Å². The second-order valence-electron chi connectivity index (χ2n) is 4.97. The number of primary amides is 1. The lowest BCUT2D eigenvalue weighted by Crippen LogP contribution is -2.43. The Labute approximate surface area is 122 Å². The van der Waals surface area contributed by atoms with Crippen molar-refractivity contribution >= 4 is 17.8 Å². The Hall–Kier alpha value is -2.41. The first-order chi connectivity index (χ1) is 9.79. The van der Waals surface area contributed by atoms with Crippen LogP contribution in [0.2, 0.25) is 0 Å². The summed E-state index contributed by atoms with van der Waals surface area (Å²) in [5.41, 5.74) is 6.31. The summed E-state index contributed by atoms with van der Waals surface area (Å²) in [6, 6.07) is 5.48. The Morgan fingerprint density at radius 1 is 1.24 bits per heavy atom. The quantitative estimate of drug-likeness (QED) is 0.645. The van der Waals surface area contributed by atoms with Crippen LogP contribution in [0.15, 0.2) is 24.3 Å². The van der Waals surface area contributed by atoms with Crippen molar-refractivity contribution in [3.05, 3.63) is 35.4 Å². The van der Waals surface area contributed by atoms with E-state index in [0.29, 0.717) is 5.56 Å². The lowest BCUT2D eigenvalue weighted by atomic mass is 10.1. The van der Waals surface area contributed by atoms with Crippen LogP contribution in [0.25, 0.3) is 0 Å². The van der Waals surface area contributed by atoms with Gasteiger partial charge >= 0.3 is 5.97 Å². The third kappa shape index (κ3) is 5.62. The van der Waals surface area contributed by atoms with E-state index in [1.54, 1.807) is 24.3 Å². The van der Waals surface area contributed by atoms with Crippen molar-refractivity contribution in [1.29, 1.82) is 0 Å². The molecule has 0 saturated carbocycles. The highest BCUT2D eigenvalue weighted by atomic mass is 16.4. The molecule has 1 atom stereocenters. The Kier molecular flexibility index (Phi) is 5.86. The molecule has 0 bridgehead atoms. The van der Waals surface area contributed by atoms with Crippen LogP contribution in [-0.4, -0.2) is 47.9 Å². The van der Waals surface area contributed by atoms with Gasteiger partial charge in [0.25, 0.3) is 5.91 Å². The SMILES string of the molecule is CN(C)Cc1ccc(C(=O)N[C@@H](CC(N)=O)C(=O)O)cc1. The van der Waals surface area contributed by atoms with Gasteiger partial charge < -0.3 is 21.1 Å². The molecule has 0 unspecified atom stereocenters. The number of nitrogens with zero attached hydrogens (tertiary/aromatic N) is 1. The van der Waals surface area contributed by atoms with Crippen LogP contribution in [-0.2, 0) is 16.1 Å². The van der Waals surface area contributed by atoms with E-state index in [0.717, 1.165) is 12.1 Å². The van der Waals surface area contributed by atoms with Crippen LogP contribution in [0.4, 0.5) is 0 Å². The number of carbonyl (C=O) groups is 3. The predicted molar refractivity (Wildman–Crippen MR) is 76.5 cm³/mol. The maximum absolute atomic E-state index is 11.9. The molecule has 0 heterocycles. The number of carboxylic acids is 1. The van der Waals surface area contributed by atoms with Gasteiger partial charge in [0, 0.05) is 12.1 Å². The smallest absolute Gasteiger partial charge is 0.326 e. The van der Waals surface area contributed by atoms with E-state index in [2.05, 4.69) is 5.32 Å². The van der Waals surface area contributed by atoms with Gasteiger partial charge in [-0.2, -0.15) is 0 Å². The third-order valence-electron chi connectivity index (χ3n) is 2.72. The summed E-state index contributed by atoms with van der Waals surface area (Å²) in [6.07, 6.45) is -0.445. The molecule has 114 valence electrons. The highest BCUT2D eigenvalue weighted by Gasteiger charge is 2.22. The average Bonchev–Trinajstić information content (AvgIpc) is 2.37. The van der Waals surface area contributed by atoms with Crippen molar-refractivity contribution in [2.24, 2.45) is 5.73 Å². The topological polar surface area (TPSA) is 113 Å². The van der Waals surface area contributed by atoms with E-state index in [1.807, 2.05) is 19.0 Å². The third-order valence-corrected chi connectivity index (χ3v) is 2.72. The molecule has 0 aromatic heterocycles. The molecule has 7 heteroatoms. The second kappa shape index (κ2) is 7.39. The molecule has 0 fully saturated rings. The van der Waals surface area contributed by atoms with Gasteiger partial charge in [-0.25, -0.2) is 4.79 Å². The summed E-state index contributed by atoms with van der Waals surface area (Å²) in [7, 11) is 3.86. The molecule has 2 amide bonds. The van der Waals surface area contributed by atoms with Gasteiger partial charge in [-0.15, -0.1) is 0 Å². The summed E-state index contributed by atoms with van der Waals surface area (Å²) in [6.45, 7) is 0.737. The number of nitrogens with one attached hydrogen (secondary N) is 1. The number of nitrogens with two attached hydrogens (primary N) is 1. The Morgan fingerprint density at radius 2 is 1.81 bits per heavy atom. The number of hydrogen-bond donors (Lipinski definition) is 3. The molecule has 1 aromatic rings. The van der Waals surface area contributed by atoms with E-state index in [4.69, 9.17) is 10.8 Å². The normalized spacial score (nSPS) is 12.0. The molecule has 4 N–H and O–H groups in total. The largest absolute Gasteiger partial charge is 0.480 e. The molecule has 21 heavy (non-hydrogen) atoms. The summed E-state index contributed by atoms with van der Waals surface area (Å²) < 4.78 is 0. The molecule has 0 aliphatic carbocycles. The van der Waals surface area contributed by atoms with E-state index < -0.39 is 30.2 Å². The molecule has 0 aliphatic rings. The fraction of sp³-hybridized carbons (Fsp3) is 0.357. The summed E-state index contributed by atoms with van der Waals surface area (Å²) >= 11 is 0. The van der Waals surface area contributed by atoms with E-state index >= 15 is 0 Å². The van der Waals surface area contributed by atoms with Crippen molar-refractivity contribution in [1.82, 2.24) is 10.2 Å². The molecule has 0 aliphatic heterocycles. The monoisotopic (exact) mass is 293 g/mol. The van der Waals surface area contributed by atoms with Crippen LogP contribution < -0.4 is 11.1 Å². The fourth-order valence-electron chi connectivity index (χ4n) is 1.77. The van der Waals surface area contributed by atoms with Gasteiger partial charge in [-0.05, 0) is 31.8 Å². The van der Waals surface area contributed by atoms with Crippen molar-refractivity contribution in [2.45, 2.75) is 19.0 Å². The van der Waals surface area contributed by atoms with E-state index in [1.165, 1.54) is 0 Å². The number of hydrogen-bond acceptors (Lipinski definition) is 4. The van der Waals surface area contributed by atoms with Crippen molar-refractivity contribution in [3.8, 4) is 0 Å². The van der Waals surface area contributed by atoms with Crippen LogP contribution in [0.3, 0.4) is 0 Å². The first kappa shape index (κ1) is 16.6. The number of rotatable bonds is 7. The molecule has 1 rings (SSSR count). The molecule has 0 saturated heterocycles. The lowest BCUT2D eigenvalue weighted by molar-refractivity contribution is -0.140. The highest BCUT2D eigenvalue weighted by molar-refractivity contribution is 5.97. The zero-order valence-electron chi connectivity index (χ0n) is 12.0. The van der Waals surface area contributed by atoms with Gasteiger partial charge in [0.05, 0.1) is 6.42 Å². The van der Waals surface area contributed by atoms with Gasteiger partial charge in [0.15, 0.2) is 0 Å². The summed E-state index contributed by atoms with van der Waals surface area (Å²) in [5, 5.41) is 11.2. The second-order valence-corrected chi connectivity index (χ2v) is 4.97. The van der Waals surface area contributed by atoms with E-state index in [-0.39, 0.29) is 0 Å². The number of aliphatic carboxylic acids is 1. The standard InChI is InChI=1S/C14H19N3O4/c1-17(2)8-9-3-5-10(6-4-9)13(19)16-11(14(20)21)7-12(15)18/h3-6,11H,7-8H2,1-2H3,(H2,15,18)(H,16,19)(H,20,21)/t11-/m0/s1. The van der Waals surface area contributed by atoms with Crippen LogP contribution in [0.1, 0.15) is 22.3 Å². The van der Waals surface area contributed by atoms with Gasteiger partial charge in [-0.1, -0.05) is 12.1 Å². The van der Waals surface area contributed by atoms with Crippen molar-refractivity contribution in [2.75, 3.05) is 14.1 Å². The number of amides is 2. The zero-order chi connectivity index (χ0) is 16.0. The average molecular weight is 293 g/mol. The number of carboxylic acid groups (broad SMARTS) is 1. The molecular weight excluding hydrogens is 274 g/mol. The molecule has 0 spiro atoms. The Balaban J connectivity index is 2.73. The fourth-order valence-corrected chi connectivity index (χ4v) is 1.77. The van der Waals surface area contributed by atoms with Crippen LogP contribution >= 0.6 is 0 Å². The first-order valence-corrected chi connectivity index (χ1v) is 6.35. The first-order valence-electron chi connectivity index (χ1n) is 6.35. The molecule has 7 nitrogen and oxygen atoms in total. The minimum atomic E-state index is -1.32. The number of benzene rings is 1. The highest BCUT2D eigenvalue weighted by Crippen LogP contribution is 2.07. The summed E-state index contributed by atoms with van der Waals surface area (Å²) in [4.78, 5) is 35.7. The predicted octanol–water partition coefficient (Wildman–Crippen LogP) is -0.193. The van der Waals surface area contributed by atoms with Gasteiger partial charge in [0.2, 0.25) is 5.91 Å².